The molecule has 0 heterocycles. The van der Waals surface area contributed by atoms with Crippen LogP contribution in [0.5, 0.6) is 5.75 Å². The Hall–Kier alpha value is -1.72. The van der Waals surface area contributed by atoms with E-state index >= 15 is 0 Å². The number of methoxy groups -OCH3 is 1. The van der Waals surface area contributed by atoms with Gasteiger partial charge in [-0.2, -0.15) is 0 Å². The highest BCUT2D eigenvalue weighted by Crippen LogP contribution is 2.27. The van der Waals surface area contributed by atoms with Crippen molar-refractivity contribution in [3.63, 3.8) is 0 Å². The predicted molar refractivity (Wildman–Crippen MR) is 84.5 cm³/mol. The van der Waals surface area contributed by atoms with Crippen molar-refractivity contribution in [2.75, 3.05) is 18.2 Å². The van der Waals surface area contributed by atoms with E-state index in [1.165, 1.54) is 7.11 Å². The lowest BCUT2D eigenvalue weighted by atomic mass is 10.1. The summed E-state index contributed by atoms with van der Waals surface area (Å²) in [4.78, 5) is 12.2. The predicted octanol–water partition coefficient (Wildman–Crippen LogP) is 3.95. The van der Waals surface area contributed by atoms with E-state index < -0.39 is 0 Å². The number of amides is 1. The number of benzene rings is 2. The average molecular weight is 356 g/mol. The fraction of sp³-hybridized carbons (Fsp3) is 0.0714. The number of rotatable bonds is 3. The molecule has 2 aromatic rings. The van der Waals surface area contributed by atoms with Gasteiger partial charge in [-0.1, -0.05) is 11.6 Å². The van der Waals surface area contributed by atoms with Gasteiger partial charge in [0.25, 0.3) is 5.91 Å². The van der Waals surface area contributed by atoms with Gasteiger partial charge >= 0.3 is 0 Å². The van der Waals surface area contributed by atoms with E-state index in [1.807, 2.05) is 0 Å². The molecule has 0 saturated heterocycles. The Morgan fingerprint density at radius 2 is 2.05 bits per heavy atom. The van der Waals surface area contributed by atoms with Crippen LogP contribution >= 0.6 is 27.5 Å². The van der Waals surface area contributed by atoms with E-state index in [0.29, 0.717) is 27.7 Å². The summed E-state index contributed by atoms with van der Waals surface area (Å²) < 4.78 is 5.84. The first-order chi connectivity index (χ1) is 9.51. The maximum Gasteiger partial charge on any atom is 0.255 e. The van der Waals surface area contributed by atoms with Crippen molar-refractivity contribution in [1.82, 2.24) is 0 Å². The number of carbonyl (C=O) groups is 1. The molecule has 4 nitrogen and oxygen atoms in total. The monoisotopic (exact) mass is 354 g/mol. The summed E-state index contributed by atoms with van der Waals surface area (Å²) in [7, 11) is 1.50. The lowest BCUT2D eigenvalue weighted by molar-refractivity contribution is 0.102. The van der Waals surface area contributed by atoms with Crippen molar-refractivity contribution >= 4 is 44.8 Å². The third kappa shape index (κ3) is 3.23. The summed E-state index contributed by atoms with van der Waals surface area (Å²) in [5, 5.41) is 3.31. The molecular formula is C14H12BrClN2O2. The number of carbonyl (C=O) groups excluding carboxylic acids is 1. The molecule has 1 amide bonds. The van der Waals surface area contributed by atoms with Gasteiger partial charge in [0.1, 0.15) is 5.75 Å². The molecule has 0 saturated carbocycles. The normalized spacial score (nSPS) is 10.2. The van der Waals surface area contributed by atoms with E-state index in [9.17, 15) is 4.79 Å². The minimum atomic E-state index is -0.272. The van der Waals surface area contributed by atoms with Crippen molar-refractivity contribution in [2.24, 2.45) is 0 Å². The van der Waals surface area contributed by atoms with Crippen molar-refractivity contribution < 1.29 is 9.53 Å². The SMILES string of the molecule is COc1cc(C(=O)Nc2cc(Cl)ccc2Br)ccc1N. The van der Waals surface area contributed by atoms with Crippen LogP contribution in [0.4, 0.5) is 11.4 Å². The molecule has 2 aromatic carbocycles. The van der Waals surface area contributed by atoms with Crippen LogP contribution in [0.2, 0.25) is 5.02 Å². The smallest absolute Gasteiger partial charge is 0.255 e. The lowest BCUT2D eigenvalue weighted by Gasteiger charge is -2.10. The van der Waals surface area contributed by atoms with Crippen molar-refractivity contribution in [3.8, 4) is 5.75 Å². The molecule has 0 unspecified atom stereocenters. The summed E-state index contributed by atoms with van der Waals surface area (Å²) in [5.41, 5.74) is 7.24. The molecule has 2 rings (SSSR count). The maximum atomic E-state index is 12.2. The van der Waals surface area contributed by atoms with Crippen LogP contribution in [0.3, 0.4) is 0 Å². The lowest BCUT2D eigenvalue weighted by Crippen LogP contribution is -2.12. The average Bonchev–Trinajstić information content (AvgIpc) is 2.43. The second-order valence-corrected chi connectivity index (χ2v) is 5.33. The summed E-state index contributed by atoms with van der Waals surface area (Å²) in [6.07, 6.45) is 0. The van der Waals surface area contributed by atoms with Crippen LogP contribution in [0.15, 0.2) is 40.9 Å². The topological polar surface area (TPSA) is 64.3 Å². The third-order valence-electron chi connectivity index (χ3n) is 2.67. The van der Waals surface area contributed by atoms with Crippen LogP contribution in [-0.2, 0) is 0 Å². The Balaban J connectivity index is 2.26. The van der Waals surface area contributed by atoms with Crippen molar-refractivity contribution in [3.05, 3.63) is 51.5 Å². The quantitative estimate of drug-likeness (QED) is 0.820. The van der Waals surface area contributed by atoms with Gasteiger partial charge in [-0.3, -0.25) is 4.79 Å². The van der Waals surface area contributed by atoms with Gasteiger partial charge < -0.3 is 15.8 Å². The van der Waals surface area contributed by atoms with Crippen molar-refractivity contribution in [1.29, 1.82) is 0 Å². The Bertz CT molecular complexity index is 662. The summed E-state index contributed by atoms with van der Waals surface area (Å²) >= 11 is 9.26. The molecule has 0 aliphatic carbocycles. The number of nitrogen functional groups attached to an aromatic ring is 1. The summed E-state index contributed by atoms with van der Waals surface area (Å²) in [5.74, 6) is 0.189. The molecular weight excluding hydrogens is 344 g/mol. The molecule has 6 heteroatoms. The maximum absolute atomic E-state index is 12.2. The molecule has 0 aliphatic rings. The Labute approximate surface area is 130 Å². The number of ether oxygens (including phenoxy) is 1. The fourth-order valence-corrected chi connectivity index (χ4v) is 2.16. The standard InChI is InChI=1S/C14H12BrClN2O2/c1-20-13-6-8(2-5-11(13)17)14(19)18-12-7-9(16)3-4-10(12)15/h2-7H,17H2,1H3,(H,18,19). The molecule has 0 aliphatic heterocycles. The van der Waals surface area contributed by atoms with Crippen molar-refractivity contribution in [2.45, 2.75) is 0 Å². The van der Waals surface area contributed by atoms with E-state index in [4.69, 9.17) is 22.1 Å². The molecule has 0 aromatic heterocycles. The molecule has 0 radical (unpaired) electrons. The molecule has 0 atom stereocenters. The van der Waals surface area contributed by atoms with Gasteiger partial charge in [-0.15, -0.1) is 0 Å². The minimum Gasteiger partial charge on any atom is -0.495 e. The van der Waals surface area contributed by atoms with Crippen LogP contribution in [-0.4, -0.2) is 13.0 Å². The first-order valence-electron chi connectivity index (χ1n) is 5.71. The van der Waals surface area contributed by atoms with Crippen LogP contribution in [0.1, 0.15) is 10.4 Å². The fourth-order valence-electron chi connectivity index (χ4n) is 1.64. The minimum absolute atomic E-state index is 0.272. The second-order valence-electron chi connectivity index (χ2n) is 4.04. The third-order valence-corrected chi connectivity index (χ3v) is 3.60. The number of halogens is 2. The van der Waals surface area contributed by atoms with Gasteiger partial charge in [-0.25, -0.2) is 0 Å². The molecule has 20 heavy (non-hydrogen) atoms. The number of hydrogen-bond donors (Lipinski definition) is 2. The van der Waals surface area contributed by atoms with Crippen LogP contribution < -0.4 is 15.8 Å². The molecule has 0 fully saturated rings. The second kappa shape index (κ2) is 6.15. The molecule has 104 valence electrons. The van der Waals surface area contributed by atoms with Gasteiger partial charge in [-0.05, 0) is 52.3 Å². The highest BCUT2D eigenvalue weighted by Gasteiger charge is 2.11. The van der Waals surface area contributed by atoms with Gasteiger partial charge in [0.05, 0.1) is 18.5 Å². The zero-order valence-corrected chi connectivity index (χ0v) is 13.0. The van der Waals surface area contributed by atoms with E-state index in [2.05, 4.69) is 21.2 Å². The highest BCUT2D eigenvalue weighted by atomic mass is 79.9. The molecule has 0 bridgehead atoms. The van der Waals surface area contributed by atoms with Gasteiger partial charge in [0, 0.05) is 15.1 Å². The molecule has 3 N–H and O–H groups in total. The zero-order valence-electron chi connectivity index (χ0n) is 10.6. The zero-order chi connectivity index (χ0) is 14.7. The summed E-state index contributed by atoms with van der Waals surface area (Å²) in [6.45, 7) is 0. The Kier molecular flexibility index (Phi) is 4.52. The van der Waals surface area contributed by atoms with E-state index in [0.717, 1.165) is 4.47 Å². The first-order valence-corrected chi connectivity index (χ1v) is 6.88. The summed E-state index contributed by atoms with van der Waals surface area (Å²) in [6, 6.07) is 10.0. The first kappa shape index (κ1) is 14.7. The number of nitrogens with two attached hydrogens (primary N) is 1. The number of hydrogen-bond acceptors (Lipinski definition) is 3. The number of anilines is 2. The van der Waals surface area contributed by atoms with Crippen LogP contribution in [0.25, 0.3) is 0 Å². The largest absolute Gasteiger partial charge is 0.495 e. The highest BCUT2D eigenvalue weighted by molar-refractivity contribution is 9.10. The van der Waals surface area contributed by atoms with Gasteiger partial charge in [0.15, 0.2) is 0 Å². The van der Waals surface area contributed by atoms with Gasteiger partial charge in [0.2, 0.25) is 0 Å². The van der Waals surface area contributed by atoms with Crippen LogP contribution in [0, 0.1) is 0 Å². The molecule has 0 spiro atoms. The number of nitrogens with one attached hydrogen (secondary N) is 1. The Morgan fingerprint density at radius 1 is 1.30 bits per heavy atom. The van der Waals surface area contributed by atoms with E-state index in [-0.39, 0.29) is 5.91 Å². The Morgan fingerprint density at radius 3 is 2.75 bits per heavy atom. The van der Waals surface area contributed by atoms with E-state index in [1.54, 1.807) is 36.4 Å².